The number of carbonyl (C=O) groups is 2. The van der Waals surface area contributed by atoms with Gasteiger partial charge in [-0.3, -0.25) is 9.59 Å². The Labute approximate surface area is 181 Å². The molecule has 0 aromatic heterocycles. The Morgan fingerprint density at radius 1 is 1.03 bits per heavy atom. The third-order valence-electron chi connectivity index (χ3n) is 4.78. The Kier molecular flexibility index (Phi) is 9.71. The van der Waals surface area contributed by atoms with E-state index in [4.69, 9.17) is 4.74 Å². The predicted molar refractivity (Wildman–Crippen MR) is 119 cm³/mol. The number of ether oxygens (including phenoxy) is 2. The summed E-state index contributed by atoms with van der Waals surface area (Å²) in [6.45, 7) is 1.53. The summed E-state index contributed by atoms with van der Waals surface area (Å²) in [6.07, 6.45) is 5.18. The minimum atomic E-state index is -0.156. The lowest BCUT2D eigenvalue weighted by molar-refractivity contribution is -0.140. The van der Waals surface area contributed by atoms with Gasteiger partial charge in [-0.2, -0.15) is 0 Å². The number of halogens is 1. The maximum absolute atomic E-state index is 11.6. The molecule has 0 aliphatic rings. The Morgan fingerprint density at radius 3 is 2.41 bits per heavy atom. The van der Waals surface area contributed by atoms with Crippen molar-refractivity contribution >= 4 is 33.9 Å². The number of esters is 1. The largest absolute Gasteiger partial charge is 0.497 e. The molecule has 0 atom stereocenters. The molecule has 5 nitrogen and oxygen atoms in total. The maximum atomic E-state index is 11.6. The molecule has 29 heavy (non-hydrogen) atoms. The summed E-state index contributed by atoms with van der Waals surface area (Å²) in [4.78, 5) is 25.1. The average Bonchev–Trinajstić information content (AvgIpc) is 2.75. The van der Waals surface area contributed by atoms with Crippen LogP contribution in [0.3, 0.4) is 0 Å². The SMILES string of the molecule is COC(=O)CCCCCCN(Cc1ccc(OC)cc1)c1ccc(Br)cc1C=O. The molecule has 0 spiro atoms. The number of benzene rings is 2. The van der Waals surface area contributed by atoms with Gasteiger partial charge < -0.3 is 14.4 Å². The second kappa shape index (κ2) is 12.3. The van der Waals surface area contributed by atoms with Crippen molar-refractivity contribution in [3.63, 3.8) is 0 Å². The quantitative estimate of drug-likeness (QED) is 0.240. The van der Waals surface area contributed by atoms with Gasteiger partial charge in [0.05, 0.1) is 14.2 Å². The average molecular weight is 462 g/mol. The second-order valence-electron chi connectivity index (χ2n) is 6.83. The van der Waals surface area contributed by atoms with Gasteiger partial charge >= 0.3 is 5.97 Å². The molecule has 2 rings (SSSR count). The van der Waals surface area contributed by atoms with E-state index in [0.29, 0.717) is 18.5 Å². The molecule has 6 heteroatoms. The zero-order chi connectivity index (χ0) is 21.1. The van der Waals surface area contributed by atoms with E-state index in [-0.39, 0.29) is 5.97 Å². The number of unbranched alkanes of at least 4 members (excludes halogenated alkanes) is 3. The zero-order valence-corrected chi connectivity index (χ0v) is 18.6. The van der Waals surface area contributed by atoms with Crippen molar-refractivity contribution in [2.45, 2.75) is 38.6 Å². The van der Waals surface area contributed by atoms with Gasteiger partial charge in [-0.15, -0.1) is 0 Å². The van der Waals surface area contributed by atoms with Crippen molar-refractivity contribution in [1.82, 2.24) is 0 Å². The van der Waals surface area contributed by atoms with E-state index < -0.39 is 0 Å². The first-order valence-corrected chi connectivity index (χ1v) is 10.6. The molecule has 0 fully saturated rings. The molecule has 0 radical (unpaired) electrons. The standard InChI is InChI=1S/C23H28BrNO4/c1-28-21-11-8-18(9-12-21)16-25(14-6-4-3-5-7-23(27)29-2)22-13-10-20(24)15-19(22)17-26/h8-13,15,17H,3-7,14,16H2,1-2H3. The summed E-state index contributed by atoms with van der Waals surface area (Å²) in [5.74, 6) is 0.666. The Morgan fingerprint density at radius 2 is 1.76 bits per heavy atom. The molecular weight excluding hydrogens is 434 g/mol. The number of aldehydes is 1. The van der Waals surface area contributed by atoms with Gasteiger partial charge in [-0.1, -0.05) is 40.9 Å². The lowest BCUT2D eigenvalue weighted by atomic mass is 10.1. The number of carbonyl (C=O) groups excluding carboxylic acids is 2. The number of anilines is 1. The third kappa shape index (κ3) is 7.54. The number of nitrogens with zero attached hydrogens (tertiary/aromatic N) is 1. The predicted octanol–water partition coefficient (Wildman–Crippen LogP) is 5.40. The van der Waals surface area contributed by atoms with E-state index in [2.05, 4.69) is 25.6 Å². The Bertz CT molecular complexity index is 792. The lowest BCUT2D eigenvalue weighted by Crippen LogP contribution is -2.25. The van der Waals surface area contributed by atoms with E-state index in [1.807, 2.05) is 42.5 Å². The van der Waals surface area contributed by atoms with Gasteiger partial charge in [0, 0.05) is 35.2 Å². The van der Waals surface area contributed by atoms with Crippen LogP contribution >= 0.6 is 15.9 Å². The van der Waals surface area contributed by atoms with E-state index in [9.17, 15) is 9.59 Å². The Hall–Kier alpha value is -2.34. The van der Waals surface area contributed by atoms with E-state index >= 15 is 0 Å². The van der Waals surface area contributed by atoms with E-state index in [1.54, 1.807) is 7.11 Å². The molecule has 0 saturated carbocycles. The van der Waals surface area contributed by atoms with Crippen LogP contribution in [0.5, 0.6) is 5.75 Å². The lowest BCUT2D eigenvalue weighted by Gasteiger charge is -2.26. The highest BCUT2D eigenvalue weighted by molar-refractivity contribution is 9.10. The third-order valence-corrected chi connectivity index (χ3v) is 5.27. The van der Waals surface area contributed by atoms with Crippen LogP contribution < -0.4 is 9.64 Å². The molecule has 0 aliphatic carbocycles. The molecule has 2 aromatic rings. The highest BCUT2D eigenvalue weighted by Gasteiger charge is 2.13. The molecule has 0 saturated heterocycles. The molecule has 0 heterocycles. The molecule has 0 unspecified atom stereocenters. The second-order valence-corrected chi connectivity index (χ2v) is 7.75. The van der Waals surface area contributed by atoms with Crippen LogP contribution in [0.4, 0.5) is 5.69 Å². The monoisotopic (exact) mass is 461 g/mol. The van der Waals surface area contributed by atoms with Crippen LogP contribution in [0.25, 0.3) is 0 Å². The van der Waals surface area contributed by atoms with Crippen LogP contribution in [0.15, 0.2) is 46.9 Å². The van der Waals surface area contributed by atoms with Gasteiger partial charge in [-0.25, -0.2) is 0 Å². The fourth-order valence-corrected chi connectivity index (χ4v) is 3.55. The summed E-state index contributed by atoms with van der Waals surface area (Å²) in [6, 6.07) is 13.8. The van der Waals surface area contributed by atoms with Crippen LogP contribution in [-0.4, -0.2) is 33.0 Å². The first kappa shape index (κ1) is 22.9. The van der Waals surface area contributed by atoms with Gasteiger partial charge in [-0.05, 0) is 48.7 Å². The van der Waals surface area contributed by atoms with Crippen molar-refractivity contribution in [2.24, 2.45) is 0 Å². The highest BCUT2D eigenvalue weighted by atomic mass is 79.9. The molecular formula is C23H28BrNO4. The molecule has 0 N–H and O–H groups in total. The summed E-state index contributed by atoms with van der Waals surface area (Å²) < 4.78 is 10.8. The molecule has 0 bridgehead atoms. The van der Waals surface area contributed by atoms with Crippen LogP contribution in [0.1, 0.15) is 48.0 Å². The summed E-state index contributed by atoms with van der Waals surface area (Å²) in [5.41, 5.74) is 2.74. The van der Waals surface area contributed by atoms with Crippen molar-refractivity contribution in [1.29, 1.82) is 0 Å². The number of hydrogen-bond acceptors (Lipinski definition) is 5. The van der Waals surface area contributed by atoms with Crippen molar-refractivity contribution in [3.8, 4) is 5.75 Å². The molecule has 0 aliphatic heterocycles. The van der Waals surface area contributed by atoms with E-state index in [1.165, 1.54) is 7.11 Å². The number of methoxy groups -OCH3 is 2. The topological polar surface area (TPSA) is 55.8 Å². The minimum Gasteiger partial charge on any atom is -0.497 e. The first-order chi connectivity index (χ1) is 14.1. The minimum absolute atomic E-state index is 0.156. The molecule has 2 aromatic carbocycles. The summed E-state index contributed by atoms with van der Waals surface area (Å²) in [7, 11) is 3.07. The summed E-state index contributed by atoms with van der Waals surface area (Å²) in [5, 5.41) is 0. The van der Waals surface area contributed by atoms with Crippen molar-refractivity contribution in [2.75, 3.05) is 25.7 Å². The van der Waals surface area contributed by atoms with Crippen molar-refractivity contribution < 1.29 is 19.1 Å². The zero-order valence-electron chi connectivity index (χ0n) is 17.0. The van der Waals surface area contributed by atoms with Crippen LogP contribution in [0.2, 0.25) is 0 Å². The summed E-state index contributed by atoms with van der Waals surface area (Å²) >= 11 is 3.44. The van der Waals surface area contributed by atoms with Crippen LogP contribution in [0, 0.1) is 0 Å². The molecule has 0 amide bonds. The number of rotatable bonds is 12. The number of hydrogen-bond donors (Lipinski definition) is 0. The van der Waals surface area contributed by atoms with Crippen molar-refractivity contribution in [3.05, 3.63) is 58.1 Å². The smallest absolute Gasteiger partial charge is 0.305 e. The van der Waals surface area contributed by atoms with Gasteiger partial charge in [0.2, 0.25) is 0 Å². The normalized spacial score (nSPS) is 10.4. The highest BCUT2D eigenvalue weighted by Crippen LogP contribution is 2.26. The van der Waals surface area contributed by atoms with Gasteiger partial charge in [0.1, 0.15) is 5.75 Å². The fraction of sp³-hybridized carbons (Fsp3) is 0.391. The fourth-order valence-electron chi connectivity index (χ4n) is 3.17. The van der Waals surface area contributed by atoms with Gasteiger partial charge in [0.25, 0.3) is 0 Å². The Balaban J connectivity index is 2.04. The molecule has 156 valence electrons. The van der Waals surface area contributed by atoms with Crippen LogP contribution in [-0.2, 0) is 16.1 Å². The first-order valence-electron chi connectivity index (χ1n) is 9.76. The maximum Gasteiger partial charge on any atom is 0.305 e. The van der Waals surface area contributed by atoms with Gasteiger partial charge in [0.15, 0.2) is 6.29 Å². The van der Waals surface area contributed by atoms with E-state index in [0.717, 1.165) is 60.0 Å².